The van der Waals surface area contributed by atoms with Gasteiger partial charge in [0.2, 0.25) is 5.91 Å². The first-order chi connectivity index (χ1) is 13.5. The molecule has 1 aromatic carbocycles. The van der Waals surface area contributed by atoms with Crippen LogP contribution in [-0.2, 0) is 16.0 Å². The Bertz CT molecular complexity index is 770. The van der Waals surface area contributed by atoms with Crippen LogP contribution in [0.4, 0.5) is 0 Å². The fourth-order valence-electron chi connectivity index (χ4n) is 3.48. The number of aromatic nitrogens is 1. The summed E-state index contributed by atoms with van der Waals surface area (Å²) in [6, 6.07) is 7.86. The molecule has 2 unspecified atom stereocenters. The Morgan fingerprint density at radius 3 is 2.82 bits per heavy atom. The number of nitrogens with one attached hydrogen (secondary N) is 1. The molecule has 1 fully saturated rings. The molecule has 0 radical (unpaired) electrons. The van der Waals surface area contributed by atoms with E-state index in [0.717, 1.165) is 41.6 Å². The average Bonchev–Trinajstić information content (AvgIpc) is 3.10. The molecule has 1 saturated heterocycles. The second-order valence-corrected chi connectivity index (χ2v) is 7.97. The molecule has 1 amide bonds. The van der Waals surface area contributed by atoms with E-state index in [1.54, 1.807) is 0 Å². The molecule has 0 bridgehead atoms. The lowest BCUT2D eigenvalue weighted by Gasteiger charge is -2.35. The molecule has 152 valence electrons. The molecule has 7 heteroatoms. The van der Waals surface area contributed by atoms with E-state index >= 15 is 0 Å². The van der Waals surface area contributed by atoms with Gasteiger partial charge in [0, 0.05) is 31.6 Å². The molecule has 0 aliphatic carbocycles. The number of nitrogens with zero attached hydrogens (tertiary/aromatic N) is 2. The van der Waals surface area contributed by atoms with Crippen LogP contribution in [0.3, 0.4) is 0 Å². The van der Waals surface area contributed by atoms with Gasteiger partial charge < -0.3 is 14.8 Å². The van der Waals surface area contributed by atoms with E-state index < -0.39 is 0 Å². The lowest BCUT2D eigenvalue weighted by molar-refractivity contribution is -0.120. The van der Waals surface area contributed by atoms with Crippen LogP contribution in [0.2, 0.25) is 0 Å². The average molecular weight is 404 g/mol. The third kappa shape index (κ3) is 5.77. The van der Waals surface area contributed by atoms with Gasteiger partial charge in [-0.1, -0.05) is 12.1 Å². The summed E-state index contributed by atoms with van der Waals surface area (Å²) in [7, 11) is 0. The summed E-state index contributed by atoms with van der Waals surface area (Å²) in [5, 5.41) is 5.83. The monoisotopic (exact) mass is 403 g/mol. The van der Waals surface area contributed by atoms with Crippen LogP contribution in [0.5, 0.6) is 5.75 Å². The van der Waals surface area contributed by atoms with Crippen LogP contribution in [0.25, 0.3) is 10.6 Å². The highest BCUT2D eigenvalue weighted by molar-refractivity contribution is 7.13. The second-order valence-electron chi connectivity index (χ2n) is 7.12. The Balaban J connectivity index is 1.49. The van der Waals surface area contributed by atoms with Crippen molar-refractivity contribution in [3.63, 3.8) is 0 Å². The molecule has 0 spiro atoms. The van der Waals surface area contributed by atoms with Crippen molar-refractivity contribution in [3.05, 3.63) is 35.3 Å². The highest BCUT2D eigenvalue weighted by atomic mass is 32.1. The molecule has 1 aliphatic rings. The number of rotatable bonds is 8. The number of benzene rings is 1. The maximum Gasteiger partial charge on any atom is 0.226 e. The van der Waals surface area contributed by atoms with Gasteiger partial charge in [0.1, 0.15) is 10.8 Å². The minimum Gasteiger partial charge on any atom is -0.493 e. The van der Waals surface area contributed by atoms with Crippen LogP contribution in [0, 0.1) is 0 Å². The number of para-hydroxylation sites is 1. The number of ether oxygens (including phenoxy) is 2. The highest BCUT2D eigenvalue weighted by Crippen LogP contribution is 2.32. The summed E-state index contributed by atoms with van der Waals surface area (Å²) in [6.07, 6.45) is 0.781. The van der Waals surface area contributed by atoms with E-state index in [4.69, 9.17) is 9.47 Å². The molecule has 2 aromatic rings. The predicted octanol–water partition coefficient (Wildman–Crippen LogP) is 2.98. The maximum absolute atomic E-state index is 12.3. The van der Waals surface area contributed by atoms with Crippen molar-refractivity contribution < 1.29 is 14.3 Å². The zero-order chi connectivity index (χ0) is 19.9. The molecule has 1 N–H and O–H groups in total. The van der Waals surface area contributed by atoms with Crippen molar-refractivity contribution in [2.24, 2.45) is 0 Å². The number of carbonyl (C=O) groups is 1. The Morgan fingerprint density at radius 2 is 2.07 bits per heavy atom. The SMILES string of the molecule is CCOc1ccccc1-c1nc(CC(=O)NCCN2CC(C)OC(C)C2)cs1. The van der Waals surface area contributed by atoms with E-state index in [0.29, 0.717) is 19.6 Å². The summed E-state index contributed by atoms with van der Waals surface area (Å²) in [5.74, 6) is 0.827. The minimum absolute atomic E-state index is 0.00398. The smallest absolute Gasteiger partial charge is 0.226 e. The van der Waals surface area contributed by atoms with Gasteiger partial charge in [-0.05, 0) is 32.9 Å². The van der Waals surface area contributed by atoms with Gasteiger partial charge in [0.15, 0.2) is 0 Å². The molecule has 3 rings (SSSR count). The number of morpholine rings is 1. The predicted molar refractivity (Wildman–Crippen MR) is 112 cm³/mol. The summed E-state index contributed by atoms with van der Waals surface area (Å²) >= 11 is 1.54. The minimum atomic E-state index is 0.00398. The van der Waals surface area contributed by atoms with E-state index in [1.165, 1.54) is 11.3 Å². The first kappa shape index (κ1) is 20.8. The summed E-state index contributed by atoms with van der Waals surface area (Å²) < 4.78 is 11.4. The van der Waals surface area contributed by atoms with Gasteiger partial charge in [-0.2, -0.15) is 0 Å². The van der Waals surface area contributed by atoms with Gasteiger partial charge >= 0.3 is 0 Å². The van der Waals surface area contributed by atoms with Gasteiger partial charge in [-0.3, -0.25) is 9.69 Å². The van der Waals surface area contributed by atoms with Gasteiger partial charge in [0.25, 0.3) is 0 Å². The van der Waals surface area contributed by atoms with Gasteiger partial charge in [0.05, 0.1) is 36.5 Å². The van der Waals surface area contributed by atoms with Crippen molar-refractivity contribution in [3.8, 4) is 16.3 Å². The van der Waals surface area contributed by atoms with Crippen molar-refractivity contribution >= 4 is 17.2 Å². The van der Waals surface area contributed by atoms with Gasteiger partial charge in [-0.15, -0.1) is 11.3 Å². The maximum atomic E-state index is 12.3. The number of amides is 1. The Morgan fingerprint density at radius 1 is 1.32 bits per heavy atom. The van der Waals surface area contributed by atoms with Crippen LogP contribution >= 0.6 is 11.3 Å². The summed E-state index contributed by atoms with van der Waals surface area (Å²) in [6.45, 7) is 10.1. The van der Waals surface area contributed by atoms with E-state index in [-0.39, 0.29) is 18.1 Å². The number of carbonyl (C=O) groups excluding carboxylic acids is 1. The Labute approximate surface area is 170 Å². The van der Waals surface area contributed by atoms with Crippen LogP contribution in [0.15, 0.2) is 29.6 Å². The lowest BCUT2D eigenvalue weighted by Crippen LogP contribution is -2.48. The van der Waals surface area contributed by atoms with Crippen LogP contribution in [0.1, 0.15) is 26.5 Å². The Kier molecular flexibility index (Phi) is 7.42. The normalized spacial score (nSPS) is 20.1. The van der Waals surface area contributed by atoms with Crippen molar-refractivity contribution in [2.75, 3.05) is 32.8 Å². The topological polar surface area (TPSA) is 63.7 Å². The number of hydrogen-bond acceptors (Lipinski definition) is 6. The van der Waals surface area contributed by atoms with E-state index in [2.05, 4.69) is 29.0 Å². The second kappa shape index (κ2) is 10.0. The zero-order valence-electron chi connectivity index (χ0n) is 16.8. The summed E-state index contributed by atoms with van der Waals surface area (Å²) in [4.78, 5) is 19.3. The van der Waals surface area contributed by atoms with E-state index in [1.807, 2.05) is 36.6 Å². The standard InChI is InChI=1S/C21H29N3O3S/c1-4-26-19-8-6-5-7-18(19)21-23-17(14-28-21)11-20(25)22-9-10-24-12-15(2)27-16(3)13-24/h5-8,14-16H,4,9-13H2,1-3H3,(H,22,25). The molecule has 0 saturated carbocycles. The number of thiazole rings is 1. The van der Waals surface area contributed by atoms with Crippen LogP contribution in [-0.4, -0.2) is 60.8 Å². The van der Waals surface area contributed by atoms with Crippen molar-refractivity contribution in [1.82, 2.24) is 15.2 Å². The third-order valence-corrected chi connectivity index (χ3v) is 5.48. The molecular formula is C21H29N3O3S. The number of hydrogen-bond donors (Lipinski definition) is 1. The lowest BCUT2D eigenvalue weighted by atomic mass is 10.2. The Hall–Kier alpha value is -1.96. The largest absolute Gasteiger partial charge is 0.493 e. The fourth-order valence-corrected chi connectivity index (χ4v) is 4.33. The third-order valence-electron chi connectivity index (χ3n) is 4.56. The fraction of sp³-hybridized carbons (Fsp3) is 0.524. The zero-order valence-corrected chi connectivity index (χ0v) is 17.6. The van der Waals surface area contributed by atoms with Crippen molar-refractivity contribution in [2.45, 2.75) is 39.4 Å². The molecule has 28 heavy (non-hydrogen) atoms. The molecular weight excluding hydrogens is 374 g/mol. The van der Waals surface area contributed by atoms with Crippen molar-refractivity contribution in [1.29, 1.82) is 0 Å². The van der Waals surface area contributed by atoms with E-state index in [9.17, 15) is 4.79 Å². The quantitative estimate of drug-likeness (QED) is 0.734. The highest BCUT2D eigenvalue weighted by Gasteiger charge is 2.21. The first-order valence-corrected chi connectivity index (χ1v) is 10.7. The molecule has 2 atom stereocenters. The molecule has 1 aromatic heterocycles. The molecule has 2 heterocycles. The summed E-state index contributed by atoms with van der Waals surface area (Å²) in [5.41, 5.74) is 1.76. The van der Waals surface area contributed by atoms with Gasteiger partial charge in [-0.25, -0.2) is 4.98 Å². The first-order valence-electron chi connectivity index (χ1n) is 9.86. The van der Waals surface area contributed by atoms with Crippen LogP contribution < -0.4 is 10.1 Å². The molecule has 1 aliphatic heterocycles. The molecule has 6 nitrogen and oxygen atoms in total.